The van der Waals surface area contributed by atoms with E-state index in [-0.39, 0.29) is 12.1 Å². The van der Waals surface area contributed by atoms with Crippen molar-refractivity contribution in [1.82, 2.24) is 5.32 Å². The Labute approximate surface area is 117 Å². The number of aliphatic hydroxyl groups is 1. The van der Waals surface area contributed by atoms with Gasteiger partial charge in [0.05, 0.1) is 32.0 Å². The summed E-state index contributed by atoms with van der Waals surface area (Å²) in [6.45, 7) is 11.2. The summed E-state index contributed by atoms with van der Waals surface area (Å²) in [6.07, 6.45) is 2.38. The first-order valence-electron chi connectivity index (χ1n) is 7.54. The van der Waals surface area contributed by atoms with Crippen LogP contribution in [0.25, 0.3) is 0 Å². The zero-order chi connectivity index (χ0) is 14.3. The lowest BCUT2D eigenvalue weighted by Gasteiger charge is -2.35. The van der Waals surface area contributed by atoms with Gasteiger partial charge in [-0.15, -0.1) is 0 Å². The van der Waals surface area contributed by atoms with Gasteiger partial charge in [-0.25, -0.2) is 0 Å². The topological polar surface area (TPSA) is 50.7 Å². The summed E-state index contributed by atoms with van der Waals surface area (Å²) in [5, 5.41) is 13.2. The minimum atomic E-state index is -0.258. The van der Waals surface area contributed by atoms with Crippen LogP contribution in [0, 0.1) is 11.8 Å². The number of hydrogen-bond donors (Lipinski definition) is 2. The molecule has 1 fully saturated rings. The molecule has 19 heavy (non-hydrogen) atoms. The van der Waals surface area contributed by atoms with Crippen molar-refractivity contribution < 1.29 is 14.6 Å². The Morgan fingerprint density at radius 2 is 1.79 bits per heavy atom. The van der Waals surface area contributed by atoms with Crippen molar-refractivity contribution in [2.24, 2.45) is 11.8 Å². The Kier molecular flexibility index (Phi) is 7.29. The first-order chi connectivity index (χ1) is 9.00. The summed E-state index contributed by atoms with van der Waals surface area (Å²) in [7, 11) is 0. The molecule has 0 aromatic rings. The van der Waals surface area contributed by atoms with Crippen molar-refractivity contribution in [2.45, 2.75) is 52.1 Å². The van der Waals surface area contributed by atoms with Gasteiger partial charge in [-0.05, 0) is 24.7 Å². The molecule has 1 rings (SSSR count). The third kappa shape index (κ3) is 6.21. The summed E-state index contributed by atoms with van der Waals surface area (Å²) in [6, 6.07) is 0.355. The molecule has 0 bridgehead atoms. The zero-order valence-electron chi connectivity index (χ0n) is 12.9. The van der Waals surface area contributed by atoms with Crippen LogP contribution >= 0.6 is 0 Å². The van der Waals surface area contributed by atoms with Gasteiger partial charge in [0, 0.05) is 12.6 Å². The van der Waals surface area contributed by atoms with Crippen molar-refractivity contribution in [2.75, 3.05) is 33.0 Å². The summed E-state index contributed by atoms with van der Waals surface area (Å²) in [5.41, 5.74) is -0.258. The first kappa shape index (κ1) is 16.9. The van der Waals surface area contributed by atoms with Crippen LogP contribution in [0.3, 0.4) is 0 Å². The fraction of sp³-hybridized carbons (Fsp3) is 1.00. The van der Waals surface area contributed by atoms with Gasteiger partial charge in [0.15, 0.2) is 0 Å². The third-order valence-corrected chi connectivity index (χ3v) is 3.40. The third-order valence-electron chi connectivity index (χ3n) is 3.40. The van der Waals surface area contributed by atoms with E-state index >= 15 is 0 Å². The van der Waals surface area contributed by atoms with Crippen LogP contribution in [0.15, 0.2) is 0 Å². The van der Waals surface area contributed by atoms with Gasteiger partial charge < -0.3 is 19.9 Å². The predicted molar refractivity (Wildman–Crippen MR) is 77.3 cm³/mol. The molecule has 4 nitrogen and oxygen atoms in total. The molecular formula is C15H31NO3. The molecule has 1 atom stereocenters. The quantitative estimate of drug-likeness (QED) is 0.564. The molecule has 1 saturated carbocycles. The molecule has 0 radical (unpaired) electrons. The highest BCUT2D eigenvalue weighted by Gasteiger charge is 2.45. The molecule has 2 N–H and O–H groups in total. The van der Waals surface area contributed by atoms with Crippen LogP contribution in [-0.4, -0.2) is 49.7 Å². The minimum Gasteiger partial charge on any atom is -0.394 e. The molecule has 4 heteroatoms. The average molecular weight is 273 g/mol. The Balaban J connectivity index is 2.25. The Morgan fingerprint density at radius 3 is 2.26 bits per heavy atom. The van der Waals surface area contributed by atoms with Crippen LogP contribution in [0.4, 0.5) is 0 Å². The highest BCUT2D eigenvalue weighted by molar-refractivity contribution is 5.01. The number of ether oxygens (including phenoxy) is 2. The van der Waals surface area contributed by atoms with Gasteiger partial charge in [-0.1, -0.05) is 27.7 Å². The average Bonchev–Trinajstić information content (AvgIpc) is 3.15. The molecule has 114 valence electrons. The van der Waals surface area contributed by atoms with E-state index in [1.54, 1.807) is 0 Å². The van der Waals surface area contributed by atoms with Gasteiger partial charge in [-0.3, -0.25) is 0 Å². The van der Waals surface area contributed by atoms with Crippen molar-refractivity contribution in [1.29, 1.82) is 0 Å². The molecule has 1 unspecified atom stereocenters. The SMILES string of the molecule is CC(C)COCCOCC(CO)(NC(C)C)C1CC1. The second-order valence-electron chi connectivity index (χ2n) is 6.41. The molecule has 0 saturated heterocycles. The van der Waals surface area contributed by atoms with Gasteiger partial charge in [0.1, 0.15) is 0 Å². The molecular weight excluding hydrogens is 242 g/mol. The van der Waals surface area contributed by atoms with E-state index in [0.29, 0.717) is 37.7 Å². The fourth-order valence-corrected chi connectivity index (χ4v) is 2.40. The lowest BCUT2D eigenvalue weighted by molar-refractivity contribution is -0.0106. The Morgan fingerprint density at radius 1 is 1.16 bits per heavy atom. The fourth-order valence-electron chi connectivity index (χ4n) is 2.40. The Bertz CT molecular complexity index is 242. The van der Waals surface area contributed by atoms with E-state index in [9.17, 15) is 5.11 Å². The largest absolute Gasteiger partial charge is 0.394 e. The maximum atomic E-state index is 9.74. The molecule has 1 aliphatic carbocycles. The van der Waals surface area contributed by atoms with E-state index in [2.05, 4.69) is 33.0 Å². The first-order valence-corrected chi connectivity index (χ1v) is 7.54. The van der Waals surface area contributed by atoms with E-state index in [1.165, 1.54) is 12.8 Å². The summed E-state index contributed by atoms with van der Waals surface area (Å²) in [5.74, 6) is 1.11. The lowest BCUT2D eigenvalue weighted by atomic mass is 9.94. The molecule has 0 aliphatic heterocycles. The van der Waals surface area contributed by atoms with Crippen LogP contribution in [0.2, 0.25) is 0 Å². The molecule has 0 spiro atoms. The van der Waals surface area contributed by atoms with Gasteiger partial charge >= 0.3 is 0 Å². The van der Waals surface area contributed by atoms with Gasteiger partial charge in [-0.2, -0.15) is 0 Å². The van der Waals surface area contributed by atoms with E-state index < -0.39 is 0 Å². The number of aliphatic hydroxyl groups excluding tert-OH is 1. The second-order valence-corrected chi connectivity index (χ2v) is 6.41. The summed E-state index contributed by atoms with van der Waals surface area (Å²) >= 11 is 0. The molecule has 0 heterocycles. The van der Waals surface area contributed by atoms with Crippen LogP contribution in [0.1, 0.15) is 40.5 Å². The highest BCUT2D eigenvalue weighted by atomic mass is 16.5. The predicted octanol–water partition coefficient (Wildman–Crippen LogP) is 1.81. The minimum absolute atomic E-state index is 0.142. The monoisotopic (exact) mass is 273 g/mol. The van der Waals surface area contributed by atoms with Crippen LogP contribution in [-0.2, 0) is 9.47 Å². The van der Waals surface area contributed by atoms with E-state index in [4.69, 9.17) is 9.47 Å². The number of rotatable bonds is 11. The lowest BCUT2D eigenvalue weighted by Crippen LogP contribution is -2.56. The molecule has 1 aliphatic rings. The molecule has 0 aromatic carbocycles. The standard InChI is InChI=1S/C15H31NO3/c1-12(2)9-18-7-8-19-11-15(10-17,14-5-6-14)16-13(3)4/h12-14,16-17H,5-11H2,1-4H3. The molecule has 0 amide bonds. The molecule has 0 aromatic heterocycles. The highest BCUT2D eigenvalue weighted by Crippen LogP contribution is 2.40. The van der Waals surface area contributed by atoms with E-state index in [0.717, 1.165) is 6.61 Å². The number of hydrogen-bond acceptors (Lipinski definition) is 4. The van der Waals surface area contributed by atoms with Crippen LogP contribution < -0.4 is 5.32 Å². The smallest absolute Gasteiger partial charge is 0.0701 e. The van der Waals surface area contributed by atoms with Crippen LogP contribution in [0.5, 0.6) is 0 Å². The van der Waals surface area contributed by atoms with Gasteiger partial charge in [0.25, 0.3) is 0 Å². The summed E-state index contributed by atoms with van der Waals surface area (Å²) in [4.78, 5) is 0. The normalized spacial score (nSPS) is 19.1. The van der Waals surface area contributed by atoms with Crippen molar-refractivity contribution in [3.8, 4) is 0 Å². The van der Waals surface area contributed by atoms with Crippen molar-refractivity contribution in [3.63, 3.8) is 0 Å². The van der Waals surface area contributed by atoms with E-state index in [1.807, 2.05) is 0 Å². The van der Waals surface area contributed by atoms with Gasteiger partial charge in [0.2, 0.25) is 0 Å². The maximum Gasteiger partial charge on any atom is 0.0701 e. The summed E-state index contributed by atoms with van der Waals surface area (Å²) < 4.78 is 11.2. The Hall–Kier alpha value is -0.160. The zero-order valence-corrected chi connectivity index (χ0v) is 12.9. The van der Waals surface area contributed by atoms with Crippen molar-refractivity contribution >= 4 is 0 Å². The maximum absolute atomic E-state index is 9.74. The second kappa shape index (κ2) is 8.20. The number of nitrogens with one attached hydrogen (secondary N) is 1. The van der Waals surface area contributed by atoms with Crippen molar-refractivity contribution in [3.05, 3.63) is 0 Å².